The minimum Gasteiger partial charge on any atom is -0.393 e. The third-order valence-electron chi connectivity index (χ3n) is 7.58. The minimum absolute atomic E-state index is 0.0299. The van der Waals surface area contributed by atoms with Crippen molar-refractivity contribution in [2.45, 2.75) is 70.8 Å². The van der Waals surface area contributed by atoms with Gasteiger partial charge in [-0.1, -0.05) is 6.92 Å². The molecular weight excluding hydrogens is 248 g/mol. The number of aliphatic hydroxyl groups excluding tert-OH is 1. The Kier molecular flexibility index (Phi) is 3.03. The van der Waals surface area contributed by atoms with E-state index in [1.165, 1.54) is 32.1 Å². The molecule has 2 nitrogen and oxygen atoms in total. The Bertz CT molecular complexity index is 418. The lowest BCUT2D eigenvalue weighted by Crippen LogP contribution is -2.47. The molecular formula is C18H28O2. The van der Waals surface area contributed by atoms with E-state index in [4.69, 9.17) is 0 Å². The Labute approximate surface area is 122 Å². The van der Waals surface area contributed by atoms with Gasteiger partial charge in [0.05, 0.1) is 6.10 Å². The van der Waals surface area contributed by atoms with Gasteiger partial charge in [0, 0.05) is 11.8 Å². The van der Waals surface area contributed by atoms with Gasteiger partial charge < -0.3 is 5.11 Å². The second-order valence-corrected chi connectivity index (χ2v) is 8.41. The van der Waals surface area contributed by atoms with E-state index in [-0.39, 0.29) is 11.5 Å². The van der Waals surface area contributed by atoms with Crippen LogP contribution < -0.4 is 0 Å². The van der Waals surface area contributed by atoms with E-state index in [2.05, 4.69) is 6.92 Å². The number of fused-ring (bicyclic) bond motifs is 4. The van der Waals surface area contributed by atoms with Crippen LogP contribution in [0, 0.1) is 35.0 Å². The maximum Gasteiger partial charge on any atom is 0.139 e. The van der Waals surface area contributed by atoms with Gasteiger partial charge in [-0.25, -0.2) is 0 Å². The SMILES string of the molecule is C[C@]12C[C@H]3CCC4C[C@@H](O)CC[C@H]4[C@@H]3C[C@@H]1CCC2=O. The monoisotopic (exact) mass is 276 g/mol. The van der Waals surface area contributed by atoms with Crippen molar-refractivity contribution in [3.8, 4) is 0 Å². The summed E-state index contributed by atoms with van der Waals surface area (Å²) in [6.07, 6.45) is 10.4. The molecule has 0 heterocycles. The summed E-state index contributed by atoms with van der Waals surface area (Å²) in [5.74, 6) is 4.53. The maximum atomic E-state index is 12.3. The van der Waals surface area contributed by atoms with Crippen LogP contribution in [0.25, 0.3) is 0 Å². The molecule has 0 aromatic rings. The molecule has 0 saturated heterocycles. The average molecular weight is 276 g/mol. The van der Waals surface area contributed by atoms with Gasteiger partial charge in [-0.15, -0.1) is 0 Å². The average Bonchev–Trinajstić information content (AvgIpc) is 2.71. The fraction of sp³-hybridized carbons (Fsp3) is 0.944. The first kappa shape index (κ1) is 13.3. The van der Waals surface area contributed by atoms with Gasteiger partial charge in [-0.05, 0) is 81.0 Å². The summed E-state index contributed by atoms with van der Waals surface area (Å²) in [6, 6.07) is 0. The normalized spacial score (nSPS) is 55.0. The van der Waals surface area contributed by atoms with Crippen molar-refractivity contribution in [2.24, 2.45) is 35.0 Å². The molecule has 1 unspecified atom stereocenters. The van der Waals surface area contributed by atoms with Crippen LogP contribution in [0.2, 0.25) is 0 Å². The van der Waals surface area contributed by atoms with Crippen LogP contribution in [0.1, 0.15) is 64.7 Å². The highest BCUT2D eigenvalue weighted by molar-refractivity contribution is 5.87. The summed E-state index contributed by atoms with van der Waals surface area (Å²) in [5.41, 5.74) is 0.0299. The van der Waals surface area contributed by atoms with Crippen LogP contribution in [0.3, 0.4) is 0 Å². The van der Waals surface area contributed by atoms with Gasteiger partial charge in [-0.3, -0.25) is 4.79 Å². The molecule has 0 aromatic heterocycles. The molecule has 0 amide bonds. The van der Waals surface area contributed by atoms with Gasteiger partial charge in [0.15, 0.2) is 0 Å². The van der Waals surface area contributed by atoms with E-state index in [0.29, 0.717) is 11.7 Å². The molecule has 0 radical (unpaired) electrons. The molecule has 2 heteroatoms. The molecule has 20 heavy (non-hydrogen) atoms. The fourth-order valence-corrected chi connectivity index (χ4v) is 6.44. The number of Topliss-reactive ketones (excluding diaryl/α,β-unsaturated/α-hetero) is 1. The maximum absolute atomic E-state index is 12.3. The molecule has 112 valence electrons. The molecule has 4 aliphatic carbocycles. The molecule has 4 aliphatic rings. The number of hydrogen-bond acceptors (Lipinski definition) is 2. The fourth-order valence-electron chi connectivity index (χ4n) is 6.44. The number of rotatable bonds is 0. The van der Waals surface area contributed by atoms with E-state index in [9.17, 15) is 9.90 Å². The number of aliphatic hydroxyl groups is 1. The molecule has 7 atom stereocenters. The zero-order chi connectivity index (χ0) is 13.9. The van der Waals surface area contributed by atoms with Crippen LogP contribution >= 0.6 is 0 Å². The molecule has 0 aliphatic heterocycles. The Hall–Kier alpha value is -0.370. The van der Waals surface area contributed by atoms with Crippen molar-refractivity contribution in [3.63, 3.8) is 0 Å². The number of ketones is 1. The third-order valence-corrected chi connectivity index (χ3v) is 7.58. The highest BCUT2D eigenvalue weighted by atomic mass is 16.3. The van der Waals surface area contributed by atoms with Gasteiger partial charge >= 0.3 is 0 Å². The van der Waals surface area contributed by atoms with Crippen LogP contribution in [0.5, 0.6) is 0 Å². The smallest absolute Gasteiger partial charge is 0.139 e. The highest BCUT2D eigenvalue weighted by Crippen LogP contribution is 2.60. The molecule has 0 bridgehead atoms. The summed E-state index contributed by atoms with van der Waals surface area (Å²) in [7, 11) is 0. The van der Waals surface area contributed by atoms with Crippen LogP contribution in [-0.4, -0.2) is 17.0 Å². The van der Waals surface area contributed by atoms with Gasteiger partial charge in [0.2, 0.25) is 0 Å². The second kappa shape index (κ2) is 4.56. The lowest BCUT2D eigenvalue weighted by molar-refractivity contribution is -0.132. The highest BCUT2D eigenvalue weighted by Gasteiger charge is 2.55. The quantitative estimate of drug-likeness (QED) is 0.734. The minimum atomic E-state index is -0.0327. The zero-order valence-electron chi connectivity index (χ0n) is 12.7. The number of carbonyl (C=O) groups excluding carboxylic acids is 1. The van der Waals surface area contributed by atoms with E-state index in [0.717, 1.165) is 49.4 Å². The van der Waals surface area contributed by atoms with Crippen molar-refractivity contribution in [1.82, 2.24) is 0 Å². The predicted molar refractivity (Wildman–Crippen MR) is 78.1 cm³/mol. The molecule has 4 saturated carbocycles. The molecule has 4 fully saturated rings. The van der Waals surface area contributed by atoms with Crippen molar-refractivity contribution in [3.05, 3.63) is 0 Å². The van der Waals surface area contributed by atoms with Crippen LogP contribution in [0.15, 0.2) is 0 Å². The summed E-state index contributed by atoms with van der Waals surface area (Å²) in [4.78, 5) is 12.3. The predicted octanol–water partition coefficient (Wildman–Crippen LogP) is 3.57. The lowest BCUT2D eigenvalue weighted by Gasteiger charge is -2.53. The van der Waals surface area contributed by atoms with E-state index < -0.39 is 0 Å². The first-order valence-electron chi connectivity index (χ1n) is 8.79. The Morgan fingerprint density at radius 2 is 1.80 bits per heavy atom. The standard InChI is InChI=1S/C18H28O2/c1-18-10-12-3-2-11-8-14(19)5-6-15(11)16(12)9-13(18)4-7-17(18)20/h11-16,19H,2-10H2,1H3/t11?,12-,13+,14+,15-,16-,18+/m1/s1. The first-order valence-corrected chi connectivity index (χ1v) is 8.79. The third kappa shape index (κ3) is 1.83. The molecule has 0 spiro atoms. The topological polar surface area (TPSA) is 37.3 Å². The van der Waals surface area contributed by atoms with Crippen molar-refractivity contribution in [2.75, 3.05) is 0 Å². The molecule has 0 aromatic carbocycles. The Balaban J connectivity index is 1.56. The van der Waals surface area contributed by atoms with Crippen LogP contribution in [0.4, 0.5) is 0 Å². The summed E-state index contributed by atoms with van der Waals surface area (Å²) < 4.78 is 0. The van der Waals surface area contributed by atoms with Crippen molar-refractivity contribution in [1.29, 1.82) is 0 Å². The summed E-state index contributed by atoms with van der Waals surface area (Å²) in [6.45, 7) is 2.26. The van der Waals surface area contributed by atoms with Gasteiger partial charge in [0.1, 0.15) is 5.78 Å². The summed E-state index contributed by atoms with van der Waals surface area (Å²) in [5, 5.41) is 9.93. The van der Waals surface area contributed by atoms with Crippen LogP contribution in [-0.2, 0) is 4.79 Å². The number of carbonyl (C=O) groups is 1. The Morgan fingerprint density at radius 3 is 2.65 bits per heavy atom. The first-order chi connectivity index (χ1) is 9.58. The van der Waals surface area contributed by atoms with E-state index >= 15 is 0 Å². The van der Waals surface area contributed by atoms with Gasteiger partial charge in [0.25, 0.3) is 0 Å². The van der Waals surface area contributed by atoms with Gasteiger partial charge in [-0.2, -0.15) is 0 Å². The van der Waals surface area contributed by atoms with Crippen molar-refractivity contribution >= 4 is 5.78 Å². The van der Waals surface area contributed by atoms with Crippen molar-refractivity contribution < 1.29 is 9.90 Å². The summed E-state index contributed by atoms with van der Waals surface area (Å²) >= 11 is 0. The molecule has 4 rings (SSSR count). The molecule has 1 N–H and O–H groups in total. The lowest BCUT2D eigenvalue weighted by atomic mass is 9.51. The Morgan fingerprint density at radius 1 is 1.00 bits per heavy atom. The van der Waals surface area contributed by atoms with E-state index in [1.807, 2.05) is 0 Å². The number of hydrogen-bond donors (Lipinski definition) is 1. The van der Waals surface area contributed by atoms with E-state index in [1.54, 1.807) is 0 Å². The largest absolute Gasteiger partial charge is 0.393 e. The zero-order valence-corrected chi connectivity index (χ0v) is 12.7. The second-order valence-electron chi connectivity index (χ2n) is 8.41.